The van der Waals surface area contributed by atoms with Crippen LogP contribution in [0.5, 0.6) is 5.75 Å². The van der Waals surface area contributed by atoms with E-state index in [2.05, 4.69) is 9.97 Å². The van der Waals surface area contributed by atoms with Crippen molar-refractivity contribution in [2.75, 3.05) is 7.11 Å². The first-order valence-corrected chi connectivity index (χ1v) is 4.09. The maximum Gasteiger partial charge on any atom is 0.269 e. The molecule has 0 atom stereocenters. The second kappa shape index (κ2) is 3.10. The number of ether oxygens (including phenoxy) is 1. The number of pyridine rings is 1. The second-order valence-electron chi connectivity index (χ2n) is 2.84. The molecule has 72 valence electrons. The first kappa shape index (κ1) is 8.68. The minimum absolute atomic E-state index is 0.177. The van der Waals surface area contributed by atoms with Gasteiger partial charge in [-0.2, -0.15) is 0 Å². The summed E-state index contributed by atoms with van der Waals surface area (Å²) in [6, 6.07) is 1.70. The normalized spacial score (nSPS) is 10.4. The molecule has 0 bridgehead atoms. The average molecular weight is 191 g/mol. The lowest BCUT2D eigenvalue weighted by molar-refractivity contribution is 0.417. The highest BCUT2D eigenvalue weighted by atomic mass is 16.5. The lowest BCUT2D eigenvalue weighted by Gasteiger charge is -2.06. The van der Waals surface area contributed by atoms with Crippen LogP contribution in [0.25, 0.3) is 11.2 Å². The predicted octanol–water partition coefficient (Wildman–Crippen LogP) is 0.337. The quantitative estimate of drug-likeness (QED) is 0.652. The van der Waals surface area contributed by atoms with Crippen molar-refractivity contribution in [1.29, 1.82) is 0 Å². The van der Waals surface area contributed by atoms with Crippen LogP contribution in [0.3, 0.4) is 0 Å². The van der Waals surface area contributed by atoms with Crippen LogP contribution in [-0.2, 0) is 7.05 Å². The van der Waals surface area contributed by atoms with Gasteiger partial charge in [0.05, 0.1) is 13.3 Å². The van der Waals surface area contributed by atoms with Crippen molar-refractivity contribution in [3.05, 3.63) is 28.8 Å². The summed E-state index contributed by atoms with van der Waals surface area (Å²) in [5.41, 5.74) is 0.942. The molecule has 0 saturated heterocycles. The number of methoxy groups -OCH3 is 1. The van der Waals surface area contributed by atoms with Crippen molar-refractivity contribution in [2.45, 2.75) is 0 Å². The molecule has 0 saturated carbocycles. The molecule has 0 N–H and O–H groups in total. The topological polar surface area (TPSA) is 57.0 Å². The van der Waals surface area contributed by atoms with Crippen LogP contribution in [0.2, 0.25) is 0 Å². The minimum atomic E-state index is -0.177. The van der Waals surface area contributed by atoms with E-state index in [0.717, 1.165) is 0 Å². The van der Waals surface area contributed by atoms with Crippen molar-refractivity contribution in [2.24, 2.45) is 7.05 Å². The highest BCUT2D eigenvalue weighted by Crippen LogP contribution is 2.19. The molecule has 0 aliphatic rings. The third kappa shape index (κ3) is 1.14. The van der Waals surface area contributed by atoms with E-state index in [1.165, 1.54) is 10.8 Å². The van der Waals surface area contributed by atoms with Crippen LogP contribution in [0, 0.1) is 0 Å². The fourth-order valence-electron chi connectivity index (χ4n) is 1.31. The van der Waals surface area contributed by atoms with Crippen molar-refractivity contribution in [3.63, 3.8) is 0 Å². The summed E-state index contributed by atoms with van der Waals surface area (Å²) in [4.78, 5) is 19.3. The summed E-state index contributed by atoms with van der Waals surface area (Å²) in [6.45, 7) is 0. The van der Waals surface area contributed by atoms with Gasteiger partial charge in [-0.25, -0.2) is 9.97 Å². The van der Waals surface area contributed by atoms with Crippen LogP contribution in [0.1, 0.15) is 0 Å². The van der Waals surface area contributed by atoms with E-state index in [0.29, 0.717) is 16.9 Å². The summed E-state index contributed by atoms with van der Waals surface area (Å²) in [5.74, 6) is 0.600. The van der Waals surface area contributed by atoms with E-state index in [1.54, 1.807) is 26.4 Å². The molecule has 0 aliphatic heterocycles. The number of fused-ring (bicyclic) bond motifs is 1. The molecular weight excluding hydrogens is 182 g/mol. The molecule has 0 aliphatic carbocycles. The summed E-state index contributed by atoms with van der Waals surface area (Å²) < 4.78 is 6.59. The van der Waals surface area contributed by atoms with Crippen LogP contribution in [-0.4, -0.2) is 21.6 Å². The predicted molar refractivity (Wildman–Crippen MR) is 51.3 cm³/mol. The smallest absolute Gasteiger partial charge is 0.269 e. The van der Waals surface area contributed by atoms with Gasteiger partial charge in [-0.15, -0.1) is 0 Å². The van der Waals surface area contributed by atoms with Gasteiger partial charge in [-0.3, -0.25) is 4.79 Å². The molecule has 2 aromatic rings. The van der Waals surface area contributed by atoms with Crippen LogP contribution < -0.4 is 10.3 Å². The molecule has 14 heavy (non-hydrogen) atoms. The number of nitrogens with zero attached hydrogens (tertiary/aromatic N) is 3. The molecular formula is C9H9N3O2. The maximum absolute atomic E-state index is 11.3. The van der Waals surface area contributed by atoms with E-state index in [1.807, 2.05) is 0 Å². The molecule has 5 nitrogen and oxygen atoms in total. The molecule has 2 heterocycles. The lowest BCUT2D eigenvalue weighted by atomic mass is 10.4. The fourth-order valence-corrected chi connectivity index (χ4v) is 1.31. The molecule has 0 amide bonds. The van der Waals surface area contributed by atoms with E-state index < -0.39 is 0 Å². The van der Waals surface area contributed by atoms with Crippen molar-refractivity contribution >= 4 is 11.2 Å². The van der Waals surface area contributed by atoms with Crippen LogP contribution in [0.4, 0.5) is 0 Å². The largest absolute Gasteiger partial charge is 0.494 e. The van der Waals surface area contributed by atoms with Gasteiger partial charge in [0.1, 0.15) is 11.3 Å². The Morgan fingerprint density at radius 1 is 1.43 bits per heavy atom. The highest BCUT2D eigenvalue weighted by molar-refractivity contribution is 5.77. The van der Waals surface area contributed by atoms with E-state index in [4.69, 9.17) is 4.74 Å². The number of aryl methyl sites for hydroxylation is 1. The number of aromatic nitrogens is 3. The Labute approximate surface area is 80.0 Å². The van der Waals surface area contributed by atoms with E-state index >= 15 is 0 Å². The van der Waals surface area contributed by atoms with Gasteiger partial charge >= 0.3 is 0 Å². The molecule has 2 rings (SSSR count). The summed E-state index contributed by atoms with van der Waals surface area (Å²) in [5, 5.41) is 0. The molecule has 5 heteroatoms. The molecule has 0 fully saturated rings. The average Bonchev–Trinajstić information content (AvgIpc) is 2.23. The molecule has 2 aromatic heterocycles. The zero-order chi connectivity index (χ0) is 10.1. The van der Waals surface area contributed by atoms with E-state index in [9.17, 15) is 4.79 Å². The van der Waals surface area contributed by atoms with Crippen molar-refractivity contribution in [3.8, 4) is 5.75 Å². The van der Waals surface area contributed by atoms with Crippen LogP contribution in [0.15, 0.2) is 23.3 Å². The Morgan fingerprint density at radius 2 is 2.21 bits per heavy atom. The maximum atomic E-state index is 11.3. The van der Waals surface area contributed by atoms with Gasteiger partial charge in [-0.05, 0) is 0 Å². The van der Waals surface area contributed by atoms with E-state index in [-0.39, 0.29) is 5.56 Å². The third-order valence-corrected chi connectivity index (χ3v) is 2.05. The number of hydrogen-bond donors (Lipinski definition) is 0. The fraction of sp³-hybridized carbons (Fsp3) is 0.222. The van der Waals surface area contributed by atoms with Crippen molar-refractivity contribution in [1.82, 2.24) is 14.5 Å². The van der Waals surface area contributed by atoms with Crippen LogP contribution >= 0.6 is 0 Å². The standard InChI is InChI=1S/C9H9N3O2/c1-12-7(13)5-11-9-8(12)6(14-2)3-4-10-9/h3-5H,1-2H3. The van der Waals surface area contributed by atoms with Crippen molar-refractivity contribution < 1.29 is 4.74 Å². The Kier molecular flexibility index (Phi) is 1.92. The lowest BCUT2D eigenvalue weighted by Crippen LogP contribution is -2.17. The van der Waals surface area contributed by atoms with Gasteiger partial charge < -0.3 is 9.30 Å². The van der Waals surface area contributed by atoms with Gasteiger partial charge in [-0.1, -0.05) is 0 Å². The molecule has 0 radical (unpaired) electrons. The highest BCUT2D eigenvalue weighted by Gasteiger charge is 2.06. The zero-order valence-electron chi connectivity index (χ0n) is 7.89. The Morgan fingerprint density at radius 3 is 2.93 bits per heavy atom. The number of rotatable bonds is 1. The third-order valence-electron chi connectivity index (χ3n) is 2.05. The summed E-state index contributed by atoms with van der Waals surface area (Å²) >= 11 is 0. The monoisotopic (exact) mass is 191 g/mol. The molecule has 0 unspecified atom stereocenters. The Bertz CT molecular complexity index is 533. The van der Waals surface area contributed by atoms with Gasteiger partial charge in [0, 0.05) is 19.3 Å². The first-order valence-electron chi connectivity index (χ1n) is 4.09. The molecule has 0 spiro atoms. The first-order chi connectivity index (χ1) is 6.74. The summed E-state index contributed by atoms with van der Waals surface area (Å²) in [7, 11) is 3.21. The molecule has 0 aromatic carbocycles. The summed E-state index contributed by atoms with van der Waals surface area (Å²) in [6.07, 6.45) is 2.84. The minimum Gasteiger partial charge on any atom is -0.494 e. The Hall–Kier alpha value is -1.91. The van der Waals surface area contributed by atoms with Gasteiger partial charge in [0.2, 0.25) is 0 Å². The van der Waals surface area contributed by atoms with Gasteiger partial charge in [0.25, 0.3) is 5.56 Å². The second-order valence-corrected chi connectivity index (χ2v) is 2.84. The SMILES string of the molecule is COc1ccnc2ncc(=O)n(C)c12. The number of hydrogen-bond acceptors (Lipinski definition) is 4. The van der Waals surface area contributed by atoms with Gasteiger partial charge in [0.15, 0.2) is 5.65 Å². The Balaban J connectivity index is 2.97. The zero-order valence-corrected chi connectivity index (χ0v) is 7.89.